The predicted octanol–water partition coefficient (Wildman–Crippen LogP) is 4.88. The Hall–Kier alpha value is -3.82. The quantitative estimate of drug-likeness (QED) is 0.266. The van der Waals surface area contributed by atoms with Crippen molar-refractivity contribution in [1.82, 2.24) is 24.9 Å². The maximum absolute atomic E-state index is 13.4. The van der Waals surface area contributed by atoms with E-state index in [1.165, 1.54) is 24.3 Å². The molecule has 10 heteroatoms. The zero-order valence-electron chi connectivity index (χ0n) is 20.3. The monoisotopic (exact) mass is 520 g/mol. The first-order valence-corrected chi connectivity index (χ1v) is 12.5. The van der Waals surface area contributed by atoms with Crippen molar-refractivity contribution >= 4 is 34.5 Å². The first-order valence-electron chi connectivity index (χ1n) is 11.9. The molecule has 0 aliphatic carbocycles. The minimum atomic E-state index is -0.302. The highest BCUT2D eigenvalue weighted by Crippen LogP contribution is 2.28. The molecule has 4 aromatic rings. The van der Waals surface area contributed by atoms with E-state index in [1.807, 2.05) is 42.5 Å². The average molecular weight is 521 g/mol. The molecule has 0 unspecified atom stereocenters. The molecule has 0 spiro atoms. The number of carbonyl (C=O) groups excluding carboxylic acids is 1. The number of amides is 2. The van der Waals surface area contributed by atoms with Crippen LogP contribution >= 0.6 is 11.6 Å². The van der Waals surface area contributed by atoms with Crippen LogP contribution < -0.4 is 4.90 Å². The van der Waals surface area contributed by atoms with Crippen LogP contribution in [0.3, 0.4) is 0 Å². The van der Waals surface area contributed by atoms with E-state index in [4.69, 9.17) is 26.4 Å². The van der Waals surface area contributed by atoms with E-state index >= 15 is 0 Å². The third-order valence-corrected chi connectivity index (χ3v) is 6.52. The molecule has 3 heterocycles. The van der Waals surface area contributed by atoms with Crippen molar-refractivity contribution in [2.45, 2.75) is 12.4 Å². The van der Waals surface area contributed by atoms with Gasteiger partial charge in [-0.15, -0.1) is 11.6 Å². The summed E-state index contributed by atoms with van der Waals surface area (Å²) in [6, 6.07) is 19.5. The van der Waals surface area contributed by atoms with Crippen LogP contribution in [0.4, 0.5) is 15.0 Å². The Morgan fingerprint density at radius 3 is 2.38 bits per heavy atom. The van der Waals surface area contributed by atoms with E-state index in [-0.39, 0.29) is 17.7 Å². The fraction of sp³-hybridized carbons (Fsp3) is 0.259. The number of nitrogens with zero attached hydrogens (tertiary/aromatic N) is 6. The van der Waals surface area contributed by atoms with E-state index in [2.05, 4.69) is 9.88 Å². The highest BCUT2D eigenvalue weighted by atomic mass is 35.5. The Morgan fingerprint density at radius 1 is 0.973 bits per heavy atom. The van der Waals surface area contributed by atoms with E-state index in [1.54, 1.807) is 17.0 Å². The third kappa shape index (κ3) is 5.47. The summed E-state index contributed by atoms with van der Waals surface area (Å²) >= 11 is 6.09. The molecule has 1 fully saturated rings. The lowest BCUT2D eigenvalue weighted by Crippen LogP contribution is -2.52. The minimum absolute atomic E-state index is 0.170. The number of alkyl halides is 1. The molecule has 0 atom stereocenters. The molecule has 8 nitrogen and oxygen atoms in total. The van der Waals surface area contributed by atoms with Crippen molar-refractivity contribution in [2.24, 2.45) is 0 Å². The second kappa shape index (κ2) is 11.1. The van der Waals surface area contributed by atoms with Gasteiger partial charge in [0.2, 0.25) is 0 Å². The lowest BCUT2D eigenvalue weighted by atomic mass is 10.1. The Kier molecular flexibility index (Phi) is 7.43. The van der Waals surface area contributed by atoms with Crippen molar-refractivity contribution < 1.29 is 14.0 Å². The number of hydrogen-bond donors (Lipinski definition) is 0. The van der Waals surface area contributed by atoms with Gasteiger partial charge < -0.3 is 9.80 Å². The van der Waals surface area contributed by atoms with Gasteiger partial charge in [0.25, 0.3) is 0 Å². The van der Waals surface area contributed by atoms with Gasteiger partial charge in [0.1, 0.15) is 17.2 Å². The number of hydroxylamine groups is 2. The molecule has 2 aromatic heterocycles. The largest absolute Gasteiger partial charge is 0.351 e. The van der Waals surface area contributed by atoms with Gasteiger partial charge in [-0.3, -0.25) is 4.84 Å². The Labute approximate surface area is 219 Å². The van der Waals surface area contributed by atoms with Crippen LogP contribution in [0.25, 0.3) is 22.3 Å². The molecule has 190 valence electrons. The van der Waals surface area contributed by atoms with E-state index < -0.39 is 0 Å². The molecule has 0 bridgehead atoms. The number of urea groups is 1. The molecule has 5 rings (SSSR count). The number of aromatic nitrogens is 3. The van der Waals surface area contributed by atoms with Gasteiger partial charge >= 0.3 is 6.03 Å². The summed E-state index contributed by atoms with van der Waals surface area (Å²) in [6.07, 6.45) is 0. The molecular formula is C27H26ClFN6O2. The zero-order chi connectivity index (χ0) is 25.8. The molecule has 0 N–H and O–H groups in total. The smallest absolute Gasteiger partial charge is 0.344 e. The van der Waals surface area contributed by atoms with Gasteiger partial charge in [-0.25, -0.2) is 24.1 Å². The normalized spacial score (nSPS) is 13.7. The van der Waals surface area contributed by atoms with Crippen molar-refractivity contribution in [2.75, 3.05) is 38.2 Å². The Morgan fingerprint density at radius 2 is 1.70 bits per heavy atom. The fourth-order valence-corrected chi connectivity index (χ4v) is 4.45. The van der Waals surface area contributed by atoms with Gasteiger partial charge in [-0.05, 0) is 42.0 Å². The maximum Gasteiger partial charge on any atom is 0.344 e. The zero-order valence-corrected chi connectivity index (χ0v) is 21.1. The van der Waals surface area contributed by atoms with Crippen LogP contribution in [0.2, 0.25) is 0 Å². The molecule has 2 aromatic carbocycles. The number of pyridine rings is 1. The second-order valence-corrected chi connectivity index (χ2v) is 8.90. The van der Waals surface area contributed by atoms with Crippen molar-refractivity contribution in [1.29, 1.82) is 0 Å². The summed E-state index contributed by atoms with van der Waals surface area (Å²) in [4.78, 5) is 36.5. The molecule has 0 radical (unpaired) electrons. The summed E-state index contributed by atoms with van der Waals surface area (Å²) < 4.78 is 13.4. The lowest BCUT2D eigenvalue weighted by Gasteiger charge is -2.37. The van der Waals surface area contributed by atoms with Crippen LogP contribution in [0, 0.1) is 5.82 Å². The van der Waals surface area contributed by atoms with Crippen LogP contribution in [0.5, 0.6) is 0 Å². The predicted molar refractivity (Wildman–Crippen MR) is 140 cm³/mol. The first-order chi connectivity index (χ1) is 18.1. The topological polar surface area (TPSA) is 74.7 Å². The van der Waals surface area contributed by atoms with Crippen molar-refractivity contribution in [3.05, 3.63) is 83.9 Å². The van der Waals surface area contributed by atoms with E-state index in [9.17, 15) is 9.18 Å². The third-order valence-electron chi connectivity index (χ3n) is 6.28. The lowest BCUT2D eigenvalue weighted by molar-refractivity contribution is -0.104. The number of benzene rings is 2. The number of piperazine rings is 1. The molecule has 0 saturated carbocycles. The molecule has 1 aliphatic heterocycles. The maximum atomic E-state index is 13.4. The van der Waals surface area contributed by atoms with Crippen LogP contribution in [-0.4, -0.2) is 64.2 Å². The second-order valence-electron chi connectivity index (χ2n) is 8.63. The van der Waals surface area contributed by atoms with Gasteiger partial charge in [-0.1, -0.05) is 30.3 Å². The van der Waals surface area contributed by atoms with Gasteiger partial charge in [0, 0.05) is 31.7 Å². The van der Waals surface area contributed by atoms with E-state index in [0.29, 0.717) is 61.1 Å². The molecular weight excluding hydrogens is 495 g/mol. The number of halogens is 2. The number of fused-ring (bicyclic) bond motifs is 1. The number of hydrogen-bond acceptors (Lipinski definition) is 6. The van der Waals surface area contributed by atoms with Crippen molar-refractivity contribution in [3.63, 3.8) is 0 Å². The summed E-state index contributed by atoms with van der Waals surface area (Å²) in [5.74, 6) is 1.05. The van der Waals surface area contributed by atoms with Gasteiger partial charge in [0.05, 0.1) is 30.7 Å². The first kappa shape index (κ1) is 24.9. The Bertz CT molecular complexity index is 1380. The SMILES string of the molecule is CON(Cc1ccccc1)C(=O)N1CCN(c2nc(CCl)nc3ccc(-c4ccc(F)cc4)nc23)CC1. The number of rotatable bonds is 6. The van der Waals surface area contributed by atoms with Gasteiger partial charge in [0.15, 0.2) is 5.82 Å². The summed E-state index contributed by atoms with van der Waals surface area (Å²) in [5.41, 5.74) is 3.79. The van der Waals surface area contributed by atoms with Crippen LogP contribution in [0.1, 0.15) is 11.4 Å². The van der Waals surface area contributed by atoms with Crippen LogP contribution in [0.15, 0.2) is 66.7 Å². The number of carbonyl (C=O) groups is 1. The molecule has 1 saturated heterocycles. The van der Waals surface area contributed by atoms with Gasteiger partial charge in [-0.2, -0.15) is 5.06 Å². The highest BCUT2D eigenvalue weighted by molar-refractivity contribution is 6.16. The standard InChI is InChI=1S/C27H26ClFN6O2/c1-37-35(18-19-5-3-2-4-6-19)27(36)34-15-13-33(14-16-34)26-25-23(30-24(17-28)32-26)12-11-22(31-25)20-7-9-21(29)10-8-20/h2-12H,13-18H2,1H3. The molecule has 1 aliphatic rings. The summed E-state index contributed by atoms with van der Waals surface area (Å²) in [7, 11) is 1.50. The van der Waals surface area contributed by atoms with E-state index in [0.717, 1.165) is 11.1 Å². The fourth-order valence-electron chi connectivity index (χ4n) is 4.33. The average Bonchev–Trinajstić information content (AvgIpc) is 2.95. The molecule has 37 heavy (non-hydrogen) atoms. The Balaban J connectivity index is 1.36. The minimum Gasteiger partial charge on any atom is -0.351 e. The molecule has 2 amide bonds. The summed E-state index contributed by atoms with van der Waals surface area (Å²) in [6.45, 7) is 2.47. The highest BCUT2D eigenvalue weighted by Gasteiger charge is 2.28. The van der Waals surface area contributed by atoms with Crippen molar-refractivity contribution in [3.8, 4) is 11.3 Å². The van der Waals surface area contributed by atoms with Crippen LogP contribution in [-0.2, 0) is 17.3 Å². The number of anilines is 1. The summed E-state index contributed by atoms with van der Waals surface area (Å²) in [5, 5.41) is 1.37.